The quantitative estimate of drug-likeness (QED) is 0.640. The van der Waals surface area contributed by atoms with Crippen LogP contribution in [0.25, 0.3) is 0 Å². The number of hydrogen-bond acceptors (Lipinski definition) is 5. The van der Waals surface area contributed by atoms with Gasteiger partial charge in [0.15, 0.2) is 0 Å². The summed E-state index contributed by atoms with van der Waals surface area (Å²) in [7, 11) is -2.37. The van der Waals surface area contributed by atoms with E-state index in [0.717, 1.165) is 0 Å². The molecule has 2 aromatic rings. The van der Waals surface area contributed by atoms with Crippen LogP contribution in [0.15, 0.2) is 57.2 Å². The van der Waals surface area contributed by atoms with E-state index in [1.54, 1.807) is 0 Å². The molecule has 108 valence electrons. The molecule has 0 spiro atoms. The van der Waals surface area contributed by atoms with Crippen LogP contribution >= 0.6 is 11.6 Å². The van der Waals surface area contributed by atoms with Crippen LogP contribution in [-0.4, -0.2) is 21.6 Å². The van der Waals surface area contributed by atoms with Crippen LogP contribution in [0.2, 0.25) is 5.02 Å². The lowest BCUT2D eigenvalue weighted by atomic mass is 10.3. The van der Waals surface area contributed by atoms with Crippen molar-refractivity contribution in [3.8, 4) is 5.75 Å². The number of methoxy groups -OCH3 is 1. The fraction of sp³-hybridized carbons (Fsp3) is 0.0714. The fourth-order valence-corrected chi connectivity index (χ4v) is 3.14. The number of ether oxygens (including phenoxy) is 1. The second kappa shape index (κ2) is 6.10. The Morgan fingerprint density at radius 3 is 2.33 bits per heavy atom. The number of carbonyl (C=O) groups excluding carboxylic acids is 1. The highest BCUT2D eigenvalue weighted by molar-refractivity contribution is 7.91. The maximum absolute atomic E-state index is 12.5. The number of sulfone groups is 1. The minimum atomic E-state index is -3.76. The molecule has 0 atom stereocenters. The van der Waals surface area contributed by atoms with Crippen molar-refractivity contribution >= 4 is 33.2 Å². The van der Waals surface area contributed by atoms with Crippen LogP contribution in [0.3, 0.4) is 0 Å². The minimum Gasteiger partial charge on any atom is -0.497 e. The lowest BCUT2D eigenvalue weighted by Gasteiger charge is -2.08. The molecule has 0 aromatic heterocycles. The molecule has 0 radical (unpaired) electrons. The molecule has 0 saturated heterocycles. The molecule has 0 aliphatic rings. The third kappa shape index (κ3) is 3.31. The summed E-state index contributed by atoms with van der Waals surface area (Å²) in [6.45, 7) is 0. The zero-order chi connectivity index (χ0) is 15.5. The van der Waals surface area contributed by atoms with Crippen molar-refractivity contribution in [2.75, 3.05) is 7.11 Å². The Kier molecular flexibility index (Phi) is 4.43. The Morgan fingerprint density at radius 1 is 1.10 bits per heavy atom. The molecule has 0 unspecified atom stereocenters. The Bertz CT molecular complexity index is 809. The summed E-state index contributed by atoms with van der Waals surface area (Å²) in [4.78, 5) is 13.8. The number of benzene rings is 2. The number of hydrogen-bond donors (Lipinski definition) is 0. The summed E-state index contributed by atoms with van der Waals surface area (Å²) in [6.07, 6.45) is 1.37. The molecule has 0 N–H and O–H groups in total. The zero-order valence-corrected chi connectivity index (χ0v) is 12.5. The topological polar surface area (TPSA) is 72.8 Å². The van der Waals surface area contributed by atoms with Gasteiger partial charge in [0, 0.05) is 11.1 Å². The monoisotopic (exact) mass is 323 g/mol. The molecular formula is C14H10ClNO4S. The van der Waals surface area contributed by atoms with E-state index in [9.17, 15) is 13.2 Å². The standard InChI is InChI=1S/C14H10ClNO4S/c1-20-12-6-11(16-9-17)7-14(8-12)21(18,19)13-4-2-10(15)3-5-13/h2-8H,1H3. The van der Waals surface area contributed by atoms with E-state index in [4.69, 9.17) is 16.3 Å². The van der Waals surface area contributed by atoms with E-state index in [-0.39, 0.29) is 21.2 Å². The van der Waals surface area contributed by atoms with Gasteiger partial charge in [0.25, 0.3) is 0 Å². The molecule has 7 heteroatoms. The van der Waals surface area contributed by atoms with Crippen molar-refractivity contribution in [2.45, 2.75) is 9.79 Å². The normalized spacial score (nSPS) is 10.8. The Hall–Kier alpha value is -2.14. The van der Waals surface area contributed by atoms with Crippen molar-refractivity contribution in [3.05, 3.63) is 47.5 Å². The van der Waals surface area contributed by atoms with Crippen LogP contribution in [0.1, 0.15) is 0 Å². The molecule has 5 nitrogen and oxygen atoms in total. The molecule has 0 saturated carbocycles. The van der Waals surface area contributed by atoms with E-state index in [1.165, 1.54) is 55.7 Å². The highest BCUT2D eigenvalue weighted by Gasteiger charge is 2.19. The number of rotatable bonds is 4. The van der Waals surface area contributed by atoms with E-state index < -0.39 is 9.84 Å². The molecule has 0 aliphatic heterocycles. The van der Waals surface area contributed by atoms with E-state index in [1.807, 2.05) is 0 Å². The first-order valence-electron chi connectivity index (χ1n) is 5.75. The van der Waals surface area contributed by atoms with Gasteiger partial charge in [-0.15, -0.1) is 0 Å². The van der Waals surface area contributed by atoms with Crippen LogP contribution in [0.5, 0.6) is 5.75 Å². The first kappa shape index (κ1) is 15.3. The van der Waals surface area contributed by atoms with Crippen LogP contribution < -0.4 is 4.74 Å². The van der Waals surface area contributed by atoms with Crippen molar-refractivity contribution in [3.63, 3.8) is 0 Å². The van der Waals surface area contributed by atoms with Crippen molar-refractivity contribution < 1.29 is 17.9 Å². The summed E-state index contributed by atoms with van der Waals surface area (Å²) in [5, 5.41) is 0.436. The largest absolute Gasteiger partial charge is 0.497 e. The first-order valence-corrected chi connectivity index (χ1v) is 7.61. The second-order valence-corrected chi connectivity index (χ2v) is 6.41. The Balaban J connectivity index is 2.61. The van der Waals surface area contributed by atoms with Gasteiger partial charge in [0.1, 0.15) is 5.75 Å². The van der Waals surface area contributed by atoms with Crippen LogP contribution in [0, 0.1) is 0 Å². The summed E-state index contributed by atoms with van der Waals surface area (Å²) in [5.74, 6) is 0.277. The maximum Gasteiger partial charge on any atom is 0.240 e. The van der Waals surface area contributed by atoms with Crippen molar-refractivity contribution in [1.29, 1.82) is 0 Å². The summed E-state index contributed by atoms with van der Waals surface area (Å²) >= 11 is 5.75. The maximum atomic E-state index is 12.5. The third-order valence-corrected chi connectivity index (χ3v) is 4.71. The van der Waals surface area contributed by atoms with E-state index in [2.05, 4.69) is 4.99 Å². The highest BCUT2D eigenvalue weighted by Crippen LogP contribution is 2.29. The average molecular weight is 324 g/mol. The summed E-state index contributed by atoms with van der Waals surface area (Å²) < 4.78 is 30.1. The predicted molar refractivity (Wildman–Crippen MR) is 77.7 cm³/mol. The van der Waals surface area contributed by atoms with Gasteiger partial charge < -0.3 is 4.74 Å². The molecular weight excluding hydrogens is 314 g/mol. The third-order valence-electron chi connectivity index (χ3n) is 2.71. The SMILES string of the molecule is COc1cc(N=C=O)cc(S(=O)(=O)c2ccc(Cl)cc2)c1. The van der Waals surface area contributed by atoms with Gasteiger partial charge in [0.05, 0.1) is 22.6 Å². The lowest BCUT2D eigenvalue weighted by Crippen LogP contribution is -2.02. The highest BCUT2D eigenvalue weighted by atomic mass is 35.5. The number of aliphatic imine (C=N–C) groups is 1. The average Bonchev–Trinajstić information content (AvgIpc) is 2.47. The van der Waals surface area contributed by atoms with E-state index >= 15 is 0 Å². The van der Waals surface area contributed by atoms with Gasteiger partial charge in [0.2, 0.25) is 15.9 Å². The van der Waals surface area contributed by atoms with Crippen molar-refractivity contribution in [1.82, 2.24) is 0 Å². The number of halogens is 1. The Labute approximate surface area is 126 Å². The molecule has 0 heterocycles. The predicted octanol–water partition coefficient (Wildman–Crippen LogP) is 3.15. The van der Waals surface area contributed by atoms with Crippen LogP contribution in [-0.2, 0) is 14.6 Å². The Morgan fingerprint density at radius 2 is 1.76 bits per heavy atom. The number of isocyanates is 1. The first-order chi connectivity index (χ1) is 9.97. The fourth-order valence-electron chi connectivity index (χ4n) is 1.70. The van der Waals surface area contributed by atoms with Gasteiger partial charge in [-0.3, -0.25) is 0 Å². The van der Waals surface area contributed by atoms with Gasteiger partial charge in [-0.05, 0) is 36.4 Å². The smallest absolute Gasteiger partial charge is 0.240 e. The van der Waals surface area contributed by atoms with E-state index in [0.29, 0.717) is 5.02 Å². The van der Waals surface area contributed by atoms with Gasteiger partial charge >= 0.3 is 0 Å². The molecule has 0 amide bonds. The molecule has 0 bridgehead atoms. The summed E-state index contributed by atoms with van der Waals surface area (Å²) in [5.41, 5.74) is 0.150. The zero-order valence-electron chi connectivity index (χ0n) is 10.9. The van der Waals surface area contributed by atoms with Gasteiger partial charge in [-0.25, -0.2) is 13.2 Å². The number of nitrogens with zero attached hydrogens (tertiary/aromatic N) is 1. The molecule has 2 rings (SSSR count). The van der Waals surface area contributed by atoms with Crippen LogP contribution in [0.4, 0.5) is 5.69 Å². The second-order valence-electron chi connectivity index (χ2n) is 4.03. The van der Waals surface area contributed by atoms with Crippen molar-refractivity contribution in [2.24, 2.45) is 4.99 Å². The lowest BCUT2D eigenvalue weighted by molar-refractivity contribution is 0.413. The van der Waals surface area contributed by atoms with Gasteiger partial charge in [-0.2, -0.15) is 4.99 Å². The molecule has 0 fully saturated rings. The molecule has 0 aliphatic carbocycles. The summed E-state index contributed by atoms with van der Waals surface area (Å²) in [6, 6.07) is 9.84. The molecule has 2 aromatic carbocycles. The van der Waals surface area contributed by atoms with Gasteiger partial charge in [-0.1, -0.05) is 11.6 Å². The minimum absolute atomic E-state index is 0.0295. The molecule has 21 heavy (non-hydrogen) atoms.